The van der Waals surface area contributed by atoms with Gasteiger partial charge in [-0.2, -0.15) is 0 Å². The van der Waals surface area contributed by atoms with Gasteiger partial charge in [-0.15, -0.1) is 0 Å². The zero-order valence-corrected chi connectivity index (χ0v) is 24.0. The minimum atomic E-state index is -3.86. The van der Waals surface area contributed by atoms with Gasteiger partial charge in [0.1, 0.15) is 6.04 Å². The van der Waals surface area contributed by atoms with E-state index in [-0.39, 0.29) is 17.7 Å². The number of amides is 3. The third-order valence-corrected chi connectivity index (χ3v) is 8.33. The Balaban J connectivity index is 1.53. The van der Waals surface area contributed by atoms with Crippen molar-refractivity contribution in [3.8, 4) is 0 Å². The average Bonchev–Trinajstić information content (AvgIpc) is 3.03. The van der Waals surface area contributed by atoms with E-state index in [0.29, 0.717) is 32.7 Å². The van der Waals surface area contributed by atoms with Gasteiger partial charge in [-0.1, -0.05) is 78.9 Å². The number of morpholine rings is 1. The summed E-state index contributed by atoms with van der Waals surface area (Å²) in [6.07, 6.45) is 1.91. The number of sulfone groups is 1. The predicted molar refractivity (Wildman–Crippen MR) is 159 cm³/mol. The minimum Gasteiger partial charge on any atom is -0.378 e. The highest BCUT2D eigenvalue weighted by atomic mass is 32.2. The minimum absolute atomic E-state index is 0.0627. The first kappa shape index (κ1) is 30.7. The fourth-order valence-corrected chi connectivity index (χ4v) is 5.55. The van der Waals surface area contributed by atoms with Gasteiger partial charge in [0.05, 0.1) is 24.2 Å². The van der Waals surface area contributed by atoms with Crippen LogP contribution in [0.1, 0.15) is 17.5 Å². The van der Waals surface area contributed by atoms with Gasteiger partial charge in [0.15, 0.2) is 15.6 Å². The van der Waals surface area contributed by atoms with Gasteiger partial charge in [-0.05, 0) is 42.2 Å². The van der Waals surface area contributed by atoms with E-state index in [4.69, 9.17) is 4.74 Å². The maximum atomic E-state index is 13.7. The lowest BCUT2D eigenvalue weighted by Gasteiger charge is -2.29. The molecule has 220 valence electrons. The van der Waals surface area contributed by atoms with Crippen molar-refractivity contribution in [1.82, 2.24) is 15.5 Å². The molecule has 0 aromatic heterocycles. The molecule has 2 N–H and O–H groups in total. The molecule has 0 aliphatic carbocycles. The van der Waals surface area contributed by atoms with E-state index in [0.717, 1.165) is 22.6 Å². The molecule has 10 heteroatoms. The van der Waals surface area contributed by atoms with E-state index in [9.17, 15) is 22.8 Å². The molecule has 3 amide bonds. The Morgan fingerprint density at radius 1 is 0.786 bits per heavy atom. The predicted octanol–water partition coefficient (Wildman–Crippen LogP) is 3.31. The third kappa shape index (κ3) is 9.12. The summed E-state index contributed by atoms with van der Waals surface area (Å²) in [7, 11) is -3.86. The average molecular weight is 590 g/mol. The topological polar surface area (TPSA) is 122 Å². The van der Waals surface area contributed by atoms with Gasteiger partial charge in [-0.3, -0.25) is 9.59 Å². The zero-order chi connectivity index (χ0) is 29.8. The summed E-state index contributed by atoms with van der Waals surface area (Å²) in [6, 6.07) is 24.2. The summed E-state index contributed by atoms with van der Waals surface area (Å²) in [5.41, 5.74) is 1.80. The van der Waals surface area contributed by atoms with Crippen molar-refractivity contribution in [2.45, 2.75) is 36.2 Å². The molecule has 0 spiro atoms. The van der Waals surface area contributed by atoms with Crippen LogP contribution >= 0.6 is 0 Å². The van der Waals surface area contributed by atoms with Crippen LogP contribution in [0.5, 0.6) is 0 Å². The Morgan fingerprint density at radius 2 is 1.36 bits per heavy atom. The van der Waals surface area contributed by atoms with Gasteiger partial charge in [0.25, 0.3) is 0 Å². The van der Waals surface area contributed by atoms with Crippen LogP contribution in [-0.4, -0.2) is 69.4 Å². The molecule has 1 saturated heterocycles. The lowest BCUT2D eigenvalue weighted by Crippen LogP contribution is -2.56. The largest absolute Gasteiger partial charge is 0.378 e. The number of carbonyl (C=O) groups excluding carboxylic acids is 3. The second kappa shape index (κ2) is 15.1. The van der Waals surface area contributed by atoms with Crippen molar-refractivity contribution < 1.29 is 27.5 Å². The lowest BCUT2D eigenvalue weighted by atomic mass is 10.0. The number of carbonyl (C=O) groups is 3. The lowest BCUT2D eigenvalue weighted by molar-refractivity contribution is -0.127. The van der Waals surface area contributed by atoms with Crippen molar-refractivity contribution in [2.75, 3.05) is 26.3 Å². The Bertz CT molecular complexity index is 1460. The highest BCUT2D eigenvalue weighted by molar-refractivity contribution is 7.94. The first-order valence-corrected chi connectivity index (χ1v) is 15.4. The molecule has 0 bridgehead atoms. The SMILES string of the molecule is O=C(/C=C/S(=O)(=O)c1ccccc1)[C@H](CCc1ccccc1)NC(=O)[C@H](Cc1ccccc1)NC(=O)N1CCOCC1. The molecule has 0 saturated carbocycles. The Labute approximate surface area is 246 Å². The van der Waals surface area contributed by atoms with Gasteiger partial charge in [0.2, 0.25) is 5.91 Å². The number of urea groups is 1. The van der Waals surface area contributed by atoms with Crippen molar-refractivity contribution in [3.63, 3.8) is 0 Å². The molecule has 3 aromatic rings. The van der Waals surface area contributed by atoms with Crippen LogP contribution in [0.3, 0.4) is 0 Å². The number of benzene rings is 3. The van der Waals surface area contributed by atoms with E-state index in [1.54, 1.807) is 23.1 Å². The number of nitrogens with one attached hydrogen (secondary N) is 2. The zero-order valence-electron chi connectivity index (χ0n) is 23.2. The van der Waals surface area contributed by atoms with Crippen molar-refractivity contribution in [3.05, 3.63) is 114 Å². The van der Waals surface area contributed by atoms with E-state index in [2.05, 4.69) is 10.6 Å². The molecular weight excluding hydrogens is 554 g/mol. The first-order chi connectivity index (χ1) is 20.3. The van der Waals surface area contributed by atoms with E-state index in [1.165, 1.54) is 12.1 Å². The van der Waals surface area contributed by atoms with Crippen LogP contribution in [0, 0.1) is 0 Å². The van der Waals surface area contributed by atoms with Crippen LogP contribution in [0.25, 0.3) is 0 Å². The van der Waals surface area contributed by atoms with Gasteiger partial charge in [-0.25, -0.2) is 13.2 Å². The van der Waals surface area contributed by atoms with Crippen molar-refractivity contribution >= 4 is 27.6 Å². The molecule has 0 unspecified atom stereocenters. The number of ether oxygens (including phenoxy) is 1. The smallest absolute Gasteiger partial charge is 0.318 e. The Morgan fingerprint density at radius 3 is 1.98 bits per heavy atom. The second-order valence-corrected chi connectivity index (χ2v) is 11.8. The molecule has 3 aromatic carbocycles. The monoisotopic (exact) mass is 589 g/mol. The quantitative estimate of drug-likeness (QED) is 0.313. The maximum Gasteiger partial charge on any atom is 0.318 e. The highest BCUT2D eigenvalue weighted by Crippen LogP contribution is 2.13. The number of aryl methyl sites for hydroxylation is 1. The van der Waals surface area contributed by atoms with Crippen molar-refractivity contribution in [2.24, 2.45) is 0 Å². The van der Waals surface area contributed by atoms with Crippen LogP contribution in [-0.2, 0) is 37.0 Å². The Kier molecular flexibility index (Phi) is 11.0. The summed E-state index contributed by atoms with van der Waals surface area (Å²) in [6.45, 7) is 1.64. The molecule has 42 heavy (non-hydrogen) atoms. The van der Waals surface area contributed by atoms with Gasteiger partial charge < -0.3 is 20.3 Å². The summed E-state index contributed by atoms with van der Waals surface area (Å²) >= 11 is 0. The number of hydrogen-bond acceptors (Lipinski definition) is 6. The second-order valence-electron chi connectivity index (χ2n) is 9.94. The molecule has 9 nitrogen and oxygen atoms in total. The summed E-state index contributed by atoms with van der Waals surface area (Å²) in [4.78, 5) is 41.7. The summed E-state index contributed by atoms with van der Waals surface area (Å²) < 4.78 is 30.8. The van der Waals surface area contributed by atoms with E-state index < -0.39 is 39.6 Å². The fraction of sp³-hybridized carbons (Fsp3) is 0.281. The van der Waals surface area contributed by atoms with Crippen molar-refractivity contribution in [1.29, 1.82) is 0 Å². The molecular formula is C32H35N3O6S. The van der Waals surface area contributed by atoms with Gasteiger partial charge in [0, 0.05) is 24.9 Å². The van der Waals surface area contributed by atoms with Crippen LogP contribution in [0.15, 0.2) is 107 Å². The maximum absolute atomic E-state index is 13.7. The number of hydrogen-bond donors (Lipinski definition) is 2. The fourth-order valence-electron chi connectivity index (χ4n) is 4.54. The molecule has 1 aliphatic heterocycles. The molecule has 1 heterocycles. The molecule has 0 radical (unpaired) electrons. The number of nitrogens with zero attached hydrogens (tertiary/aromatic N) is 1. The van der Waals surface area contributed by atoms with Crippen LogP contribution < -0.4 is 10.6 Å². The molecule has 1 fully saturated rings. The van der Waals surface area contributed by atoms with E-state index in [1.807, 2.05) is 60.7 Å². The van der Waals surface area contributed by atoms with E-state index >= 15 is 0 Å². The molecule has 4 rings (SSSR count). The normalized spacial score (nSPS) is 15.1. The van der Waals surface area contributed by atoms with Crippen LogP contribution in [0.4, 0.5) is 4.79 Å². The summed E-state index contributed by atoms with van der Waals surface area (Å²) in [5, 5.41) is 6.49. The number of ketones is 1. The standard InChI is InChI=1S/C32H35N3O6S/c36-30(18-23-42(39,40)27-14-8-3-9-15-27)28(17-16-25-10-4-1-5-11-25)33-31(37)29(24-26-12-6-2-7-13-26)34-32(38)35-19-21-41-22-20-35/h1-15,18,23,28-29H,16-17,19-22,24H2,(H,33,37)(H,34,38)/b23-18+/t28-,29-/m0/s1. The molecule has 2 atom stereocenters. The first-order valence-electron chi connectivity index (χ1n) is 13.9. The molecule has 1 aliphatic rings. The van der Waals surface area contributed by atoms with Gasteiger partial charge >= 0.3 is 6.03 Å². The number of rotatable bonds is 12. The highest BCUT2D eigenvalue weighted by Gasteiger charge is 2.28. The van der Waals surface area contributed by atoms with Crippen LogP contribution in [0.2, 0.25) is 0 Å². The Hall–Kier alpha value is -4.28. The summed E-state index contributed by atoms with van der Waals surface area (Å²) in [5.74, 6) is -1.09. The third-order valence-electron chi connectivity index (χ3n) is 6.90.